The van der Waals surface area contributed by atoms with E-state index in [2.05, 4.69) is 31.8 Å². The quantitative estimate of drug-likeness (QED) is 0.570. The average Bonchev–Trinajstić information content (AvgIpc) is 2.60. The first-order valence-electron chi connectivity index (χ1n) is 7.89. The number of nitrogens with one attached hydrogen (secondary N) is 2. The molecule has 2 amide bonds. The number of hydrazone groups is 1. The summed E-state index contributed by atoms with van der Waals surface area (Å²) in [6.45, 7) is 3.63. The molecule has 0 saturated carbocycles. The molecule has 2 aromatic rings. The number of rotatable bonds is 6. The van der Waals surface area contributed by atoms with Crippen LogP contribution >= 0.6 is 15.9 Å². The summed E-state index contributed by atoms with van der Waals surface area (Å²) in [6.07, 6.45) is 0.118. The third-order valence-corrected chi connectivity index (χ3v) is 4.25. The van der Waals surface area contributed by atoms with Crippen LogP contribution in [0.25, 0.3) is 0 Å². The first kappa shape index (κ1) is 18.9. The van der Waals surface area contributed by atoms with Gasteiger partial charge in [0, 0.05) is 10.2 Å². The number of halogens is 1. The minimum atomic E-state index is -0.329. The van der Waals surface area contributed by atoms with Crippen molar-refractivity contribution >= 4 is 33.5 Å². The molecule has 2 rings (SSSR count). The summed E-state index contributed by atoms with van der Waals surface area (Å²) in [5.74, 6) is -0.474. The summed E-state index contributed by atoms with van der Waals surface area (Å²) >= 11 is 3.32. The van der Waals surface area contributed by atoms with Crippen molar-refractivity contribution in [3.05, 3.63) is 70.2 Å². The lowest BCUT2D eigenvalue weighted by atomic mass is 10.1. The third kappa shape index (κ3) is 5.83. The lowest BCUT2D eigenvalue weighted by Gasteiger charge is -2.14. The van der Waals surface area contributed by atoms with Gasteiger partial charge in [-0.2, -0.15) is 5.10 Å². The van der Waals surface area contributed by atoms with Crippen LogP contribution in [0.15, 0.2) is 64.2 Å². The van der Waals surface area contributed by atoms with Gasteiger partial charge >= 0.3 is 0 Å². The van der Waals surface area contributed by atoms with Crippen LogP contribution in [0, 0.1) is 0 Å². The highest BCUT2D eigenvalue weighted by Gasteiger charge is 2.11. The van der Waals surface area contributed by atoms with Gasteiger partial charge in [-0.1, -0.05) is 42.5 Å². The number of benzene rings is 2. The SMILES string of the molecule is CC(CC(=O)NC(C)c1ccccc1)=NNC(=O)c1ccccc1Br. The van der Waals surface area contributed by atoms with Gasteiger partial charge in [0.05, 0.1) is 18.0 Å². The predicted octanol–water partition coefficient (Wildman–Crippen LogP) is 3.82. The summed E-state index contributed by atoms with van der Waals surface area (Å²) in [4.78, 5) is 24.2. The van der Waals surface area contributed by atoms with E-state index in [1.165, 1.54) is 0 Å². The van der Waals surface area contributed by atoms with Gasteiger partial charge in [0.25, 0.3) is 5.91 Å². The van der Waals surface area contributed by atoms with Gasteiger partial charge in [0.15, 0.2) is 0 Å². The van der Waals surface area contributed by atoms with E-state index in [9.17, 15) is 9.59 Å². The largest absolute Gasteiger partial charge is 0.349 e. The lowest BCUT2D eigenvalue weighted by Crippen LogP contribution is -2.29. The predicted molar refractivity (Wildman–Crippen MR) is 102 cm³/mol. The maximum Gasteiger partial charge on any atom is 0.272 e. The van der Waals surface area contributed by atoms with Crippen LogP contribution in [-0.4, -0.2) is 17.5 Å². The van der Waals surface area contributed by atoms with Crippen molar-refractivity contribution in [1.82, 2.24) is 10.7 Å². The Bertz CT molecular complexity index is 775. The highest BCUT2D eigenvalue weighted by Crippen LogP contribution is 2.15. The molecular weight excluding hydrogens is 382 g/mol. The van der Waals surface area contributed by atoms with Crippen molar-refractivity contribution in [2.45, 2.75) is 26.3 Å². The van der Waals surface area contributed by atoms with E-state index in [0.29, 0.717) is 15.7 Å². The molecule has 0 heterocycles. The number of hydrogen-bond donors (Lipinski definition) is 2. The van der Waals surface area contributed by atoms with Gasteiger partial charge in [-0.05, 0) is 47.5 Å². The molecule has 130 valence electrons. The van der Waals surface area contributed by atoms with E-state index in [-0.39, 0.29) is 24.3 Å². The van der Waals surface area contributed by atoms with Gasteiger partial charge in [-0.3, -0.25) is 9.59 Å². The molecule has 0 radical (unpaired) electrons. The summed E-state index contributed by atoms with van der Waals surface area (Å²) in [5.41, 5.74) is 4.52. The van der Waals surface area contributed by atoms with Gasteiger partial charge in [-0.15, -0.1) is 0 Å². The molecular formula is C19H20BrN3O2. The van der Waals surface area contributed by atoms with E-state index < -0.39 is 0 Å². The molecule has 6 heteroatoms. The molecule has 0 aromatic heterocycles. The monoisotopic (exact) mass is 401 g/mol. The van der Waals surface area contributed by atoms with E-state index in [1.807, 2.05) is 43.3 Å². The summed E-state index contributed by atoms with van der Waals surface area (Å²) in [5, 5.41) is 6.91. The fraction of sp³-hybridized carbons (Fsp3) is 0.211. The Morgan fingerprint density at radius 2 is 1.72 bits per heavy atom. The first-order valence-corrected chi connectivity index (χ1v) is 8.69. The Labute approximate surface area is 155 Å². The van der Waals surface area contributed by atoms with E-state index in [0.717, 1.165) is 5.56 Å². The molecule has 1 atom stereocenters. The molecule has 0 saturated heterocycles. The Kier molecular flexibility index (Phi) is 6.89. The molecule has 0 spiro atoms. The summed E-state index contributed by atoms with van der Waals surface area (Å²) in [7, 11) is 0. The van der Waals surface area contributed by atoms with Crippen LogP contribution in [0.2, 0.25) is 0 Å². The lowest BCUT2D eigenvalue weighted by molar-refractivity contribution is -0.120. The van der Waals surface area contributed by atoms with Crippen LogP contribution < -0.4 is 10.7 Å². The van der Waals surface area contributed by atoms with Crippen LogP contribution in [0.1, 0.15) is 42.2 Å². The van der Waals surface area contributed by atoms with Crippen molar-refractivity contribution in [2.75, 3.05) is 0 Å². The molecule has 2 aromatic carbocycles. The third-order valence-electron chi connectivity index (χ3n) is 3.56. The highest BCUT2D eigenvalue weighted by molar-refractivity contribution is 9.10. The minimum Gasteiger partial charge on any atom is -0.349 e. The highest BCUT2D eigenvalue weighted by atomic mass is 79.9. The second-order valence-corrected chi connectivity index (χ2v) is 6.50. The second kappa shape index (κ2) is 9.13. The number of carbonyl (C=O) groups is 2. The van der Waals surface area contributed by atoms with Gasteiger partial charge < -0.3 is 5.32 Å². The zero-order chi connectivity index (χ0) is 18.2. The summed E-state index contributed by atoms with van der Waals surface area (Å²) < 4.78 is 0.690. The number of amides is 2. The number of hydrogen-bond acceptors (Lipinski definition) is 3. The number of carbonyl (C=O) groups excluding carboxylic acids is 2. The molecule has 0 bridgehead atoms. The maximum absolute atomic E-state index is 12.1. The Balaban J connectivity index is 1.87. The zero-order valence-electron chi connectivity index (χ0n) is 14.1. The van der Waals surface area contributed by atoms with Gasteiger partial charge in [0.2, 0.25) is 5.91 Å². The molecule has 1 unspecified atom stereocenters. The summed E-state index contributed by atoms with van der Waals surface area (Å²) in [6, 6.07) is 16.7. The molecule has 25 heavy (non-hydrogen) atoms. The van der Waals surface area contributed by atoms with Gasteiger partial charge in [-0.25, -0.2) is 5.43 Å². The zero-order valence-corrected chi connectivity index (χ0v) is 15.7. The Hall–Kier alpha value is -2.47. The van der Waals surface area contributed by atoms with Crippen molar-refractivity contribution < 1.29 is 9.59 Å². The van der Waals surface area contributed by atoms with Crippen molar-refractivity contribution in [3.8, 4) is 0 Å². The van der Waals surface area contributed by atoms with E-state index >= 15 is 0 Å². The minimum absolute atomic E-state index is 0.0867. The fourth-order valence-electron chi connectivity index (χ4n) is 2.24. The molecule has 0 aliphatic carbocycles. The van der Waals surface area contributed by atoms with Crippen LogP contribution in [0.3, 0.4) is 0 Å². The average molecular weight is 402 g/mol. The van der Waals surface area contributed by atoms with Gasteiger partial charge in [0.1, 0.15) is 0 Å². The standard InChI is InChI=1S/C19H20BrN3O2/c1-13(22-23-19(25)16-10-6-7-11-17(16)20)12-18(24)21-14(2)15-8-4-3-5-9-15/h3-11,14H,12H2,1-2H3,(H,21,24)(H,23,25). The Morgan fingerprint density at radius 1 is 1.08 bits per heavy atom. The maximum atomic E-state index is 12.1. The molecule has 0 aliphatic heterocycles. The molecule has 5 nitrogen and oxygen atoms in total. The van der Waals surface area contributed by atoms with Crippen LogP contribution in [0.5, 0.6) is 0 Å². The first-order chi connectivity index (χ1) is 12.0. The number of nitrogens with zero attached hydrogens (tertiary/aromatic N) is 1. The molecule has 0 fully saturated rings. The van der Waals surface area contributed by atoms with Crippen molar-refractivity contribution in [2.24, 2.45) is 5.10 Å². The molecule has 2 N–H and O–H groups in total. The van der Waals surface area contributed by atoms with E-state index in [1.54, 1.807) is 25.1 Å². The fourth-order valence-corrected chi connectivity index (χ4v) is 2.71. The normalized spacial score (nSPS) is 12.4. The van der Waals surface area contributed by atoms with Crippen molar-refractivity contribution in [1.29, 1.82) is 0 Å². The second-order valence-electron chi connectivity index (χ2n) is 5.64. The Morgan fingerprint density at radius 3 is 2.40 bits per heavy atom. The van der Waals surface area contributed by atoms with E-state index in [4.69, 9.17) is 0 Å². The smallest absolute Gasteiger partial charge is 0.272 e. The molecule has 0 aliphatic rings. The van der Waals surface area contributed by atoms with Crippen LogP contribution in [0.4, 0.5) is 0 Å². The topological polar surface area (TPSA) is 70.6 Å². The van der Waals surface area contributed by atoms with Crippen molar-refractivity contribution in [3.63, 3.8) is 0 Å². The van der Waals surface area contributed by atoms with Crippen LogP contribution in [-0.2, 0) is 4.79 Å².